The van der Waals surface area contributed by atoms with E-state index in [0.717, 1.165) is 28.2 Å². The van der Waals surface area contributed by atoms with E-state index in [2.05, 4.69) is 16.5 Å². The first-order valence-electron chi connectivity index (χ1n) is 11.1. The molecule has 0 aliphatic carbocycles. The van der Waals surface area contributed by atoms with Crippen LogP contribution in [-0.4, -0.2) is 45.1 Å². The molecular weight excluding hydrogens is 448 g/mol. The molecule has 5 rings (SSSR count). The number of thioether (sulfide) groups is 1. The Balaban J connectivity index is 1.41. The molecule has 1 N–H and O–H groups in total. The van der Waals surface area contributed by atoms with Gasteiger partial charge in [0.05, 0.1) is 17.9 Å². The van der Waals surface area contributed by atoms with Gasteiger partial charge in [-0.1, -0.05) is 29.5 Å². The summed E-state index contributed by atoms with van der Waals surface area (Å²) in [6, 6.07) is 13.5. The van der Waals surface area contributed by atoms with Crippen molar-refractivity contribution in [3.05, 3.63) is 70.1 Å². The van der Waals surface area contributed by atoms with Gasteiger partial charge in [-0.05, 0) is 49.7 Å². The summed E-state index contributed by atoms with van der Waals surface area (Å²) >= 11 is 1.50. The van der Waals surface area contributed by atoms with E-state index < -0.39 is 0 Å². The van der Waals surface area contributed by atoms with Crippen molar-refractivity contribution in [1.82, 2.24) is 19.3 Å². The first-order valence-corrected chi connectivity index (χ1v) is 12.1. The zero-order valence-corrected chi connectivity index (χ0v) is 20.4. The van der Waals surface area contributed by atoms with E-state index in [1.807, 2.05) is 69.2 Å². The molecule has 4 aromatic rings. The van der Waals surface area contributed by atoms with Gasteiger partial charge in [-0.15, -0.1) is 0 Å². The van der Waals surface area contributed by atoms with Gasteiger partial charge in [-0.25, -0.2) is 9.67 Å². The second-order valence-corrected chi connectivity index (χ2v) is 9.80. The number of aromatic nitrogens is 4. The van der Waals surface area contributed by atoms with Crippen molar-refractivity contribution in [1.29, 1.82) is 0 Å². The van der Waals surface area contributed by atoms with Crippen molar-refractivity contribution in [3.8, 4) is 5.69 Å². The zero-order chi connectivity index (χ0) is 24.0. The number of carbonyl (C=O) groups excluding carboxylic acids is 1. The molecule has 8 nitrogen and oxygen atoms in total. The number of rotatable bonds is 5. The highest BCUT2D eigenvalue weighted by Gasteiger charge is 2.29. The summed E-state index contributed by atoms with van der Waals surface area (Å²) in [6.07, 6.45) is 1.78. The number of hydrogen-bond donors (Lipinski definition) is 1. The van der Waals surface area contributed by atoms with E-state index in [9.17, 15) is 9.59 Å². The Kier molecular flexibility index (Phi) is 5.65. The molecule has 1 aliphatic heterocycles. The molecule has 3 heterocycles. The SMILES string of the molecule is Cc1ccc(-n2ncc3c(=O)n4c(nc32)SCC4CC(=O)Nc2ccc(N(C)C)cc2)c(C)c1. The van der Waals surface area contributed by atoms with E-state index in [4.69, 9.17) is 4.98 Å². The van der Waals surface area contributed by atoms with Crippen LogP contribution >= 0.6 is 11.8 Å². The minimum absolute atomic E-state index is 0.131. The van der Waals surface area contributed by atoms with Crippen molar-refractivity contribution in [2.45, 2.75) is 31.5 Å². The van der Waals surface area contributed by atoms with E-state index in [1.165, 1.54) is 11.8 Å². The monoisotopic (exact) mass is 474 g/mol. The molecule has 2 aromatic heterocycles. The fourth-order valence-electron chi connectivity index (χ4n) is 4.27. The van der Waals surface area contributed by atoms with Crippen molar-refractivity contribution < 1.29 is 4.79 Å². The van der Waals surface area contributed by atoms with Crippen LogP contribution in [0.4, 0.5) is 11.4 Å². The lowest BCUT2D eigenvalue weighted by atomic mass is 10.1. The number of aryl methyl sites for hydroxylation is 2. The summed E-state index contributed by atoms with van der Waals surface area (Å²) in [5.74, 6) is 0.493. The number of nitrogens with zero attached hydrogens (tertiary/aromatic N) is 5. The molecule has 1 aliphatic rings. The van der Waals surface area contributed by atoms with Gasteiger partial charge in [0.2, 0.25) is 5.91 Å². The Hall–Kier alpha value is -3.59. The average Bonchev–Trinajstić information content (AvgIpc) is 3.39. The molecular formula is C25H26N6O2S. The van der Waals surface area contributed by atoms with Gasteiger partial charge in [-0.2, -0.15) is 5.10 Å². The average molecular weight is 475 g/mol. The Bertz CT molecular complexity index is 1460. The number of amides is 1. The van der Waals surface area contributed by atoms with E-state index in [1.54, 1.807) is 15.4 Å². The Morgan fingerprint density at radius 1 is 1.18 bits per heavy atom. The van der Waals surface area contributed by atoms with Crippen LogP contribution in [0.15, 0.2) is 58.6 Å². The van der Waals surface area contributed by atoms with Gasteiger partial charge in [0.1, 0.15) is 5.39 Å². The summed E-state index contributed by atoms with van der Waals surface area (Å²) in [4.78, 5) is 32.9. The Labute approximate surface area is 201 Å². The molecule has 34 heavy (non-hydrogen) atoms. The summed E-state index contributed by atoms with van der Waals surface area (Å²) in [7, 11) is 3.94. The standard InChI is InChI=1S/C25H26N6O2S/c1-15-5-10-21(16(2)11-15)31-23-20(13-26-31)24(33)30-19(14-34-25(30)28-23)12-22(32)27-17-6-8-18(9-7-17)29(3)4/h5-11,13,19H,12,14H2,1-4H3,(H,27,32). The van der Waals surface area contributed by atoms with Crippen molar-refractivity contribution in [2.24, 2.45) is 0 Å². The van der Waals surface area contributed by atoms with Gasteiger partial charge in [0.15, 0.2) is 10.8 Å². The third-order valence-corrected chi connectivity index (χ3v) is 7.14. The Morgan fingerprint density at radius 3 is 2.65 bits per heavy atom. The quantitative estimate of drug-likeness (QED) is 0.441. The van der Waals surface area contributed by atoms with Gasteiger partial charge >= 0.3 is 0 Å². The van der Waals surface area contributed by atoms with Crippen molar-refractivity contribution in [2.75, 3.05) is 30.1 Å². The topological polar surface area (TPSA) is 85.0 Å². The summed E-state index contributed by atoms with van der Waals surface area (Å²) in [5, 5.41) is 8.48. The first kappa shape index (κ1) is 22.2. The molecule has 0 saturated carbocycles. The van der Waals surface area contributed by atoms with Crippen LogP contribution in [0.5, 0.6) is 0 Å². The molecule has 1 amide bonds. The zero-order valence-electron chi connectivity index (χ0n) is 19.6. The van der Waals surface area contributed by atoms with Crippen molar-refractivity contribution >= 4 is 40.1 Å². The van der Waals surface area contributed by atoms with E-state index in [-0.39, 0.29) is 23.9 Å². The molecule has 0 bridgehead atoms. The first-order chi connectivity index (χ1) is 16.3. The van der Waals surface area contributed by atoms with Crippen LogP contribution in [-0.2, 0) is 4.79 Å². The fourth-order valence-corrected chi connectivity index (χ4v) is 5.40. The second kappa shape index (κ2) is 8.64. The lowest BCUT2D eigenvalue weighted by Crippen LogP contribution is -2.27. The lowest BCUT2D eigenvalue weighted by Gasteiger charge is -2.15. The highest BCUT2D eigenvalue weighted by molar-refractivity contribution is 7.99. The molecule has 0 fully saturated rings. The van der Waals surface area contributed by atoms with Crippen LogP contribution in [0.25, 0.3) is 16.7 Å². The molecule has 9 heteroatoms. The number of carbonyl (C=O) groups is 1. The summed E-state index contributed by atoms with van der Waals surface area (Å²) < 4.78 is 3.38. The largest absolute Gasteiger partial charge is 0.378 e. The van der Waals surface area contributed by atoms with E-state index >= 15 is 0 Å². The van der Waals surface area contributed by atoms with Gasteiger partial charge in [0, 0.05) is 37.6 Å². The lowest BCUT2D eigenvalue weighted by molar-refractivity contribution is -0.116. The molecule has 0 saturated heterocycles. The number of anilines is 2. The molecule has 0 spiro atoms. The number of nitrogens with one attached hydrogen (secondary N) is 1. The minimum atomic E-state index is -0.255. The highest BCUT2D eigenvalue weighted by Crippen LogP contribution is 2.34. The van der Waals surface area contributed by atoms with Crippen LogP contribution in [0.1, 0.15) is 23.6 Å². The number of benzene rings is 2. The third kappa shape index (κ3) is 3.96. The number of fused-ring (bicyclic) bond motifs is 2. The van der Waals surface area contributed by atoms with Crippen LogP contribution in [0.2, 0.25) is 0 Å². The Morgan fingerprint density at radius 2 is 1.94 bits per heavy atom. The maximum Gasteiger partial charge on any atom is 0.265 e. The smallest absolute Gasteiger partial charge is 0.265 e. The van der Waals surface area contributed by atoms with Gasteiger partial charge < -0.3 is 10.2 Å². The maximum atomic E-state index is 13.4. The second-order valence-electron chi connectivity index (χ2n) is 8.81. The van der Waals surface area contributed by atoms with Crippen LogP contribution < -0.4 is 15.8 Å². The maximum absolute atomic E-state index is 13.4. The summed E-state index contributed by atoms with van der Waals surface area (Å²) in [6.45, 7) is 4.06. The molecule has 1 unspecified atom stereocenters. The molecule has 1 atom stereocenters. The fraction of sp³-hybridized carbons (Fsp3) is 0.280. The highest BCUT2D eigenvalue weighted by atomic mass is 32.2. The minimum Gasteiger partial charge on any atom is -0.378 e. The van der Waals surface area contributed by atoms with Gasteiger partial charge in [0.25, 0.3) is 5.56 Å². The molecule has 0 radical (unpaired) electrons. The van der Waals surface area contributed by atoms with Crippen LogP contribution in [0.3, 0.4) is 0 Å². The third-order valence-electron chi connectivity index (χ3n) is 6.04. The van der Waals surface area contributed by atoms with E-state index in [0.29, 0.717) is 21.9 Å². The molecule has 174 valence electrons. The summed E-state index contributed by atoms with van der Waals surface area (Å²) in [5.41, 5.74) is 5.30. The normalized spacial score (nSPS) is 14.9. The predicted molar refractivity (Wildman–Crippen MR) is 136 cm³/mol. The van der Waals surface area contributed by atoms with Crippen molar-refractivity contribution in [3.63, 3.8) is 0 Å². The number of hydrogen-bond acceptors (Lipinski definition) is 6. The molecule has 2 aromatic carbocycles. The van der Waals surface area contributed by atoms with Gasteiger partial charge in [-0.3, -0.25) is 14.2 Å². The predicted octanol–water partition coefficient (Wildman–Crippen LogP) is 3.94. The van der Waals surface area contributed by atoms with Crippen LogP contribution in [0, 0.1) is 13.8 Å².